The van der Waals surface area contributed by atoms with Crippen LogP contribution in [0.1, 0.15) is 42.9 Å². The number of ketones is 1. The number of benzene rings is 2. The topological polar surface area (TPSA) is 113 Å². The zero-order chi connectivity index (χ0) is 25.4. The highest BCUT2D eigenvalue weighted by Gasteiger charge is 2.42. The van der Waals surface area contributed by atoms with Crippen molar-refractivity contribution >= 4 is 23.7 Å². The molecule has 0 bridgehead atoms. The van der Waals surface area contributed by atoms with Crippen LogP contribution in [0.3, 0.4) is 0 Å². The number of rotatable bonds is 12. The molecule has 0 saturated heterocycles. The molecule has 3 rings (SSSR count). The molecule has 1 atom stereocenters. The number of aliphatic hydroxyl groups is 1. The number of amides is 1. The van der Waals surface area contributed by atoms with Gasteiger partial charge >= 0.3 is 5.97 Å². The summed E-state index contributed by atoms with van der Waals surface area (Å²) in [5.74, 6) is -1.66. The van der Waals surface area contributed by atoms with Crippen LogP contribution in [-0.4, -0.2) is 53.5 Å². The quantitative estimate of drug-likeness (QED) is 0.344. The lowest BCUT2D eigenvalue weighted by Gasteiger charge is -2.27. The van der Waals surface area contributed by atoms with Crippen molar-refractivity contribution in [1.29, 1.82) is 0 Å². The zero-order valence-electron chi connectivity index (χ0n) is 19.8. The van der Waals surface area contributed by atoms with E-state index in [9.17, 15) is 19.5 Å². The lowest BCUT2D eigenvalue weighted by Crippen LogP contribution is -2.32. The van der Waals surface area contributed by atoms with Gasteiger partial charge in [0.2, 0.25) is 0 Å². The van der Waals surface area contributed by atoms with Crippen LogP contribution in [0.5, 0.6) is 11.5 Å². The van der Waals surface area contributed by atoms with E-state index in [2.05, 4.69) is 0 Å². The van der Waals surface area contributed by atoms with Crippen LogP contribution in [0.4, 0.5) is 0 Å². The molecule has 1 amide bonds. The van der Waals surface area contributed by atoms with Gasteiger partial charge in [-0.1, -0.05) is 48.9 Å². The first-order valence-corrected chi connectivity index (χ1v) is 11.3. The van der Waals surface area contributed by atoms with E-state index in [0.29, 0.717) is 36.3 Å². The highest BCUT2D eigenvalue weighted by atomic mass is 16.5. The average molecular weight is 480 g/mol. The number of unbranched alkanes of at least 4 members (excludes halogenated alkanes) is 2. The molecule has 0 radical (unpaired) electrons. The Hall–Kier alpha value is -4.07. The van der Waals surface area contributed by atoms with Crippen LogP contribution in [0, 0.1) is 0 Å². The molecule has 1 aliphatic heterocycles. The Balaban J connectivity index is 1.93. The fraction of sp³-hybridized carbons (Fsp3) is 0.296. The van der Waals surface area contributed by atoms with E-state index in [1.165, 1.54) is 25.2 Å². The summed E-state index contributed by atoms with van der Waals surface area (Å²) in [6.07, 6.45) is 4.61. The van der Waals surface area contributed by atoms with Gasteiger partial charge in [0, 0.05) is 13.0 Å². The maximum atomic E-state index is 13.2. The van der Waals surface area contributed by atoms with Crippen molar-refractivity contribution < 1.29 is 34.1 Å². The minimum atomic E-state index is -0.872. The normalized spacial score (nSPS) is 15.7. The van der Waals surface area contributed by atoms with Gasteiger partial charge in [0.1, 0.15) is 0 Å². The van der Waals surface area contributed by atoms with Crippen molar-refractivity contribution in [2.24, 2.45) is 0 Å². The third-order valence-electron chi connectivity index (χ3n) is 5.81. The first kappa shape index (κ1) is 25.6. The van der Waals surface area contributed by atoms with Crippen molar-refractivity contribution in [2.45, 2.75) is 31.7 Å². The molecule has 0 saturated carbocycles. The van der Waals surface area contributed by atoms with Crippen molar-refractivity contribution in [3.63, 3.8) is 0 Å². The predicted octanol–water partition coefficient (Wildman–Crippen LogP) is 4.33. The van der Waals surface area contributed by atoms with Crippen LogP contribution in [-0.2, 0) is 14.4 Å². The number of aliphatic hydroxyl groups excluding tert-OH is 1. The van der Waals surface area contributed by atoms with Crippen LogP contribution in [0.25, 0.3) is 6.08 Å². The van der Waals surface area contributed by atoms with Crippen molar-refractivity contribution in [3.8, 4) is 11.5 Å². The summed E-state index contributed by atoms with van der Waals surface area (Å²) in [4.78, 5) is 38.5. The molecule has 0 aliphatic carbocycles. The predicted molar refractivity (Wildman–Crippen MR) is 130 cm³/mol. The molecule has 2 N–H and O–H groups in total. The van der Waals surface area contributed by atoms with Crippen LogP contribution < -0.4 is 9.47 Å². The van der Waals surface area contributed by atoms with Crippen LogP contribution in [0.15, 0.2) is 65.9 Å². The number of methoxy groups -OCH3 is 2. The molecule has 2 aromatic rings. The SMILES string of the molecule is COc1ccc(C2C(C(=O)C=Cc3ccccc3)=C(O)C(=O)N2CCCCCC(=O)O)cc1OC. The largest absolute Gasteiger partial charge is 0.503 e. The fourth-order valence-corrected chi connectivity index (χ4v) is 4.07. The minimum Gasteiger partial charge on any atom is -0.503 e. The van der Waals surface area contributed by atoms with E-state index in [4.69, 9.17) is 14.6 Å². The van der Waals surface area contributed by atoms with Crippen molar-refractivity contribution in [1.82, 2.24) is 4.90 Å². The number of nitrogens with zero attached hydrogens (tertiary/aromatic N) is 1. The number of carboxylic acids is 1. The number of allylic oxidation sites excluding steroid dienone is 1. The van der Waals surface area contributed by atoms with Crippen LogP contribution >= 0.6 is 0 Å². The highest BCUT2D eigenvalue weighted by molar-refractivity contribution is 6.14. The van der Waals surface area contributed by atoms with Gasteiger partial charge in [0.05, 0.1) is 25.8 Å². The van der Waals surface area contributed by atoms with Gasteiger partial charge < -0.3 is 24.6 Å². The summed E-state index contributed by atoms with van der Waals surface area (Å²) >= 11 is 0. The van der Waals surface area contributed by atoms with E-state index >= 15 is 0 Å². The van der Waals surface area contributed by atoms with Gasteiger partial charge in [-0.15, -0.1) is 0 Å². The third-order valence-corrected chi connectivity index (χ3v) is 5.81. The zero-order valence-corrected chi connectivity index (χ0v) is 19.8. The number of aliphatic carboxylic acids is 1. The number of hydrogen-bond acceptors (Lipinski definition) is 6. The molecule has 0 spiro atoms. The Morgan fingerprint density at radius 1 is 1.00 bits per heavy atom. The lowest BCUT2D eigenvalue weighted by molar-refractivity contribution is -0.137. The molecule has 8 heteroatoms. The van der Waals surface area contributed by atoms with Crippen LogP contribution in [0.2, 0.25) is 0 Å². The van der Waals surface area contributed by atoms with Gasteiger partial charge in [0.15, 0.2) is 23.0 Å². The number of carbonyl (C=O) groups excluding carboxylic acids is 2. The molecular formula is C27H29NO7. The van der Waals surface area contributed by atoms with Gasteiger partial charge in [-0.2, -0.15) is 0 Å². The summed E-state index contributed by atoms with van der Waals surface area (Å²) in [5.41, 5.74) is 1.38. The number of ether oxygens (including phenoxy) is 2. The number of carbonyl (C=O) groups is 3. The second kappa shape index (κ2) is 11.9. The smallest absolute Gasteiger partial charge is 0.303 e. The van der Waals surface area contributed by atoms with E-state index in [0.717, 1.165) is 5.56 Å². The molecule has 1 aliphatic rings. The molecule has 35 heavy (non-hydrogen) atoms. The van der Waals surface area contributed by atoms with Gasteiger partial charge in [0.25, 0.3) is 5.91 Å². The Kier molecular flexibility index (Phi) is 8.67. The van der Waals surface area contributed by atoms with E-state index in [1.807, 2.05) is 30.3 Å². The van der Waals surface area contributed by atoms with Crippen molar-refractivity contribution in [2.75, 3.05) is 20.8 Å². The summed E-state index contributed by atoms with van der Waals surface area (Å²) < 4.78 is 10.7. The monoisotopic (exact) mass is 479 g/mol. The third kappa shape index (κ3) is 6.09. The summed E-state index contributed by atoms with van der Waals surface area (Å²) in [6.45, 7) is 0.251. The van der Waals surface area contributed by atoms with Gasteiger partial charge in [-0.05, 0) is 42.2 Å². The molecule has 0 fully saturated rings. The average Bonchev–Trinajstić information content (AvgIpc) is 3.12. The van der Waals surface area contributed by atoms with E-state index < -0.39 is 29.5 Å². The highest BCUT2D eigenvalue weighted by Crippen LogP contribution is 2.41. The lowest BCUT2D eigenvalue weighted by atomic mass is 9.95. The number of carboxylic acid groups (broad SMARTS) is 1. The maximum absolute atomic E-state index is 13.2. The second-order valence-electron chi connectivity index (χ2n) is 8.09. The Labute approximate surface area is 204 Å². The first-order chi connectivity index (χ1) is 16.9. The molecule has 1 heterocycles. The number of hydrogen-bond donors (Lipinski definition) is 2. The molecular weight excluding hydrogens is 450 g/mol. The Morgan fingerprint density at radius 2 is 1.71 bits per heavy atom. The summed E-state index contributed by atoms with van der Waals surface area (Å²) in [7, 11) is 3.00. The summed E-state index contributed by atoms with van der Waals surface area (Å²) in [5, 5.41) is 19.6. The van der Waals surface area contributed by atoms with Crippen molar-refractivity contribution in [3.05, 3.63) is 77.1 Å². The van der Waals surface area contributed by atoms with Gasteiger partial charge in [-0.3, -0.25) is 14.4 Å². The van der Waals surface area contributed by atoms with Gasteiger partial charge in [-0.25, -0.2) is 0 Å². The maximum Gasteiger partial charge on any atom is 0.303 e. The summed E-state index contributed by atoms with van der Waals surface area (Å²) in [6, 6.07) is 13.5. The molecule has 1 unspecified atom stereocenters. The Morgan fingerprint density at radius 3 is 2.37 bits per heavy atom. The fourth-order valence-electron chi connectivity index (χ4n) is 4.07. The first-order valence-electron chi connectivity index (χ1n) is 11.3. The second-order valence-corrected chi connectivity index (χ2v) is 8.09. The van der Waals surface area contributed by atoms with E-state index in [1.54, 1.807) is 24.3 Å². The molecule has 2 aromatic carbocycles. The van der Waals surface area contributed by atoms with E-state index in [-0.39, 0.29) is 18.5 Å². The Bertz CT molecular complexity index is 1140. The molecule has 0 aromatic heterocycles. The minimum absolute atomic E-state index is 0.0139. The molecule has 184 valence electrons. The molecule has 8 nitrogen and oxygen atoms in total. The standard InChI is InChI=1S/C27H29NO7/c1-34-21-15-13-19(17-22(21)35-2)25-24(20(29)14-12-18-9-5-3-6-10-18)26(32)27(33)28(25)16-8-4-7-11-23(30)31/h3,5-6,9-10,12-15,17,25,32H,4,7-8,11,16H2,1-2H3,(H,30,31).